The zero-order valence-corrected chi connectivity index (χ0v) is 10.7. The molecule has 1 saturated heterocycles. The molecule has 102 valence electrons. The molecule has 0 saturated carbocycles. The van der Waals surface area contributed by atoms with Gasteiger partial charge in [0.1, 0.15) is 0 Å². The molecule has 0 bridgehead atoms. The van der Waals surface area contributed by atoms with Crippen LogP contribution in [0.2, 0.25) is 0 Å². The lowest BCUT2D eigenvalue weighted by molar-refractivity contribution is -0.136. The highest BCUT2D eigenvalue weighted by Crippen LogP contribution is 2.14. The maximum Gasteiger partial charge on any atom is 0.307 e. The van der Waals surface area contributed by atoms with E-state index in [4.69, 9.17) is 5.11 Å². The number of nitrogens with one attached hydrogen (secondary N) is 1. The van der Waals surface area contributed by atoms with E-state index in [2.05, 4.69) is 0 Å². The number of carboxylic acids is 1. The average molecular weight is 284 g/mol. The summed E-state index contributed by atoms with van der Waals surface area (Å²) in [5.41, 5.74) is 1.22. The highest BCUT2D eigenvalue weighted by molar-refractivity contribution is 7.88. The minimum absolute atomic E-state index is 0.0362. The number of amides is 1. The molecule has 1 aliphatic heterocycles. The summed E-state index contributed by atoms with van der Waals surface area (Å²) in [5, 5.41) is 8.70. The van der Waals surface area contributed by atoms with Gasteiger partial charge in [-0.25, -0.2) is 4.72 Å². The van der Waals surface area contributed by atoms with E-state index in [0.717, 1.165) is 4.31 Å². The Bertz CT molecular complexity index is 626. The van der Waals surface area contributed by atoms with Crippen LogP contribution in [-0.4, -0.2) is 36.3 Å². The van der Waals surface area contributed by atoms with E-state index in [1.165, 1.54) is 0 Å². The van der Waals surface area contributed by atoms with Crippen molar-refractivity contribution in [1.29, 1.82) is 0 Å². The van der Waals surface area contributed by atoms with E-state index in [1.54, 1.807) is 24.3 Å². The number of nitrogens with zero attached hydrogens (tertiary/aromatic N) is 1. The predicted molar refractivity (Wildman–Crippen MR) is 65.3 cm³/mol. The third kappa shape index (κ3) is 3.30. The number of carbonyl (C=O) groups is 2. The summed E-state index contributed by atoms with van der Waals surface area (Å²) in [6.45, 7) is -0.181. The van der Waals surface area contributed by atoms with Crippen molar-refractivity contribution in [2.75, 3.05) is 6.54 Å². The van der Waals surface area contributed by atoms with Crippen molar-refractivity contribution in [3.05, 3.63) is 35.4 Å². The molecule has 2 N–H and O–H groups in total. The van der Waals surface area contributed by atoms with Crippen LogP contribution in [0, 0.1) is 0 Å². The molecule has 0 aliphatic carbocycles. The number of benzene rings is 1. The predicted octanol–water partition coefficient (Wildman–Crippen LogP) is -0.510. The third-order valence-electron chi connectivity index (χ3n) is 2.61. The lowest BCUT2D eigenvalue weighted by Gasteiger charge is -2.12. The van der Waals surface area contributed by atoms with Crippen LogP contribution in [0.1, 0.15) is 11.1 Å². The first-order valence-electron chi connectivity index (χ1n) is 5.47. The van der Waals surface area contributed by atoms with Crippen LogP contribution in [0.5, 0.6) is 0 Å². The second-order valence-electron chi connectivity index (χ2n) is 4.19. The van der Waals surface area contributed by atoms with Gasteiger partial charge >= 0.3 is 16.2 Å². The molecular weight excluding hydrogens is 272 g/mol. The Kier molecular flexibility index (Phi) is 3.54. The maximum absolute atomic E-state index is 11.5. The summed E-state index contributed by atoms with van der Waals surface area (Å²) in [5.74, 6) is -1.52. The van der Waals surface area contributed by atoms with Crippen molar-refractivity contribution >= 4 is 22.1 Å². The Morgan fingerprint density at radius 2 is 2.05 bits per heavy atom. The smallest absolute Gasteiger partial charge is 0.307 e. The Morgan fingerprint density at radius 1 is 1.37 bits per heavy atom. The topological polar surface area (TPSA) is 104 Å². The Balaban J connectivity index is 2.15. The Labute approximate surface area is 110 Å². The molecule has 8 heteroatoms. The molecule has 0 atom stereocenters. The van der Waals surface area contributed by atoms with E-state index < -0.39 is 22.1 Å². The number of aliphatic carboxylic acids is 1. The summed E-state index contributed by atoms with van der Waals surface area (Å²) < 4.78 is 26.0. The summed E-state index contributed by atoms with van der Waals surface area (Å²) in [6.07, 6.45) is -0.127. The first-order valence-corrected chi connectivity index (χ1v) is 6.91. The van der Waals surface area contributed by atoms with Gasteiger partial charge < -0.3 is 5.11 Å². The van der Waals surface area contributed by atoms with E-state index in [1.807, 2.05) is 4.72 Å². The fraction of sp³-hybridized carbons (Fsp3) is 0.273. The molecule has 1 aromatic carbocycles. The number of carbonyl (C=O) groups excluding carboxylic acids is 1. The normalized spacial score (nSPS) is 18.2. The van der Waals surface area contributed by atoms with Crippen LogP contribution < -0.4 is 4.72 Å². The van der Waals surface area contributed by atoms with Gasteiger partial charge in [0, 0.05) is 6.54 Å². The van der Waals surface area contributed by atoms with Crippen LogP contribution >= 0.6 is 0 Å². The van der Waals surface area contributed by atoms with Gasteiger partial charge in [0.2, 0.25) is 5.91 Å². The quantitative estimate of drug-likeness (QED) is 0.775. The van der Waals surface area contributed by atoms with Crippen molar-refractivity contribution < 1.29 is 23.1 Å². The van der Waals surface area contributed by atoms with Gasteiger partial charge in [-0.1, -0.05) is 24.3 Å². The molecule has 7 nitrogen and oxygen atoms in total. The van der Waals surface area contributed by atoms with Crippen LogP contribution in [0.4, 0.5) is 0 Å². The van der Waals surface area contributed by atoms with Crippen LogP contribution in [0.3, 0.4) is 0 Å². The average Bonchev–Trinajstić information content (AvgIpc) is 2.51. The molecule has 0 unspecified atom stereocenters. The van der Waals surface area contributed by atoms with E-state index in [-0.39, 0.29) is 19.5 Å². The minimum atomic E-state index is -3.75. The fourth-order valence-electron chi connectivity index (χ4n) is 1.84. The van der Waals surface area contributed by atoms with Crippen LogP contribution in [0.15, 0.2) is 24.3 Å². The van der Waals surface area contributed by atoms with Gasteiger partial charge in [-0.05, 0) is 11.1 Å². The monoisotopic (exact) mass is 284 g/mol. The molecule has 19 heavy (non-hydrogen) atoms. The molecule has 0 radical (unpaired) electrons. The molecule has 1 fully saturated rings. The molecular formula is C11H12N2O5S. The van der Waals surface area contributed by atoms with Crippen molar-refractivity contribution in [3.8, 4) is 0 Å². The summed E-state index contributed by atoms with van der Waals surface area (Å²) in [4.78, 5) is 21.7. The number of carboxylic acid groups (broad SMARTS) is 1. The van der Waals surface area contributed by atoms with Gasteiger partial charge in [0.25, 0.3) is 0 Å². The molecule has 1 aromatic rings. The SMILES string of the molecule is O=C(O)Cc1cccc(CN2CC(=O)NS2(=O)=O)c1. The van der Waals surface area contributed by atoms with Crippen LogP contribution in [-0.2, 0) is 32.8 Å². The largest absolute Gasteiger partial charge is 0.481 e. The van der Waals surface area contributed by atoms with E-state index in [9.17, 15) is 18.0 Å². The molecule has 1 aliphatic rings. The second-order valence-corrected chi connectivity index (χ2v) is 5.86. The van der Waals surface area contributed by atoms with Gasteiger partial charge in [0.15, 0.2) is 0 Å². The minimum Gasteiger partial charge on any atom is -0.481 e. The molecule has 1 amide bonds. The Morgan fingerprint density at radius 3 is 2.63 bits per heavy atom. The molecule has 0 spiro atoms. The van der Waals surface area contributed by atoms with Gasteiger partial charge in [0.05, 0.1) is 13.0 Å². The van der Waals surface area contributed by atoms with Crippen molar-refractivity contribution in [2.45, 2.75) is 13.0 Å². The number of hydrogen-bond acceptors (Lipinski definition) is 4. The van der Waals surface area contributed by atoms with Gasteiger partial charge in [-0.15, -0.1) is 0 Å². The summed E-state index contributed by atoms with van der Waals surface area (Å²) >= 11 is 0. The number of hydrogen-bond donors (Lipinski definition) is 2. The zero-order chi connectivity index (χ0) is 14.0. The Hall–Kier alpha value is -1.93. The standard InChI is InChI=1S/C11H12N2O5S/c14-10-7-13(19(17,18)12-10)6-9-3-1-2-8(4-9)5-11(15)16/h1-4H,5-7H2,(H,12,14)(H,15,16). The van der Waals surface area contributed by atoms with E-state index in [0.29, 0.717) is 11.1 Å². The van der Waals surface area contributed by atoms with Gasteiger partial charge in [-0.2, -0.15) is 12.7 Å². The highest BCUT2D eigenvalue weighted by atomic mass is 32.2. The zero-order valence-electron chi connectivity index (χ0n) is 9.87. The van der Waals surface area contributed by atoms with Gasteiger partial charge in [-0.3, -0.25) is 9.59 Å². The molecule has 2 rings (SSSR count). The maximum atomic E-state index is 11.5. The highest BCUT2D eigenvalue weighted by Gasteiger charge is 2.33. The van der Waals surface area contributed by atoms with Crippen molar-refractivity contribution in [2.24, 2.45) is 0 Å². The lowest BCUT2D eigenvalue weighted by atomic mass is 10.1. The van der Waals surface area contributed by atoms with E-state index >= 15 is 0 Å². The summed E-state index contributed by atoms with van der Waals surface area (Å²) in [6, 6.07) is 6.61. The number of rotatable bonds is 4. The van der Waals surface area contributed by atoms with Crippen LogP contribution in [0.25, 0.3) is 0 Å². The first kappa shape index (κ1) is 13.5. The molecule has 0 aromatic heterocycles. The molecule has 1 heterocycles. The summed E-state index contributed by atoms with van der Waals surface area (Å²) in [7, 11) is -3.75. The fourth-order valence-corrected chi connectivity index (χ4v) is 2.93. The second kappa shape index (κ2) is 4.98. The first-order chi connectivity index (χ1) is 8.87. The lowest BCUT2D eigenvalue weighted by Crippen LogP contribution is -2.29. The van der Waals surface area contributed by atoms with Crippen molar-refractivity contribution in [1.82, 2.24) is 9.03 Å². The third-order valence-corrected chi connectivity index (χ3v) is 4.03. The van der Waals surface area contributed by atoms with Crippen molar-refractivity contribution in [3.63, 3.8) is 0 Å².